The second kappa shape index (κ2) is 4.97. The lowest BCUT2D eigenvalue weighted by Crippen LogP contribution is -2.09. The zero-order chi connectivity index (χ0) is 7.98. The van der Waals surface area contributed by atoms with Crippen LogP contribution in [0.4, 0.5) is 0 Å². The average Bonchev–Trinajstić information content (AvgIpc) is 1.87. The molecular weight excluding hydrogens is 130 g/mol. The highest BCUT2D eigenvalue weighted by molar-refractivity contribution is 6.38. The number of hydrogen-bond donors (Lipinski definition) is 0. The molecule has 0 aliphatic heterocycles. The van der Waals surface area contributed by atoms with E-state index in [2.05, 4.69) is 9.99 Å². The van der Waals surface area contributed by atoms with Crippen LogP contribution in [-0.4, -0.2) is 18.6 Å². The van der Waals surface area contributed by atoms with Gasteiger partial charge in [0.05, 0.1) is 0 Å². The Morgan fingerprint density at radius 3 is 2.50 bits per heavy atom. The summed E-state index contributed by atoms with van der Waals surface area (Å²) in [6, 6.07) is 0. The molecule has 0 aromatic rings. The van der Waals surface area contributed by atoms with E-state index in [1.165, 1.54) is 14.0 Å². The van der Waals surface area contributed by atoms with Gasteiger partial charge in [0.1, 0.15) is 12.8 Å². The molecule has 0 atom stereocenters. The van der Waals surface area contributed by atoms with Crippen LogP contribution in [0, 0.1) is 0 Å². The largest absolute Gasteiger partial charge is 0.399 e. The molecule has 3 nitrogen and oxygen atoms in total. The molecule has 0 rings (SSSR count). The Bertz CT molecular complexity index is 141. The van der Waals surface area contributed by atoms with Gasteiger partial charge in [0.15, 0.2) is 5.78 Å². The zero-order valence-electron chi connectivity index (χ0n) is 6.68. The fourth-order valence-electron chi connectivity index (χ4n) is 0.633. The second-order valence-corrected chi connectivity index (χ2v) is 2.03. The van der Waals surface area contributed by atoms with E-state index >= 15 is 0 Å². The molecule has 0 spiro atoms. The monoisotopic (exact) mass is 143 g/mol. The zero-order valence-corrected chi connectivity index (χ0v) is 6.68. The van der Waals surface area contributed by atoms with Crippen molar-refractivity contribution >= 4 is 11.5 Å². The van der Waals surface area contributed by atoms with Gasteiger partial charge in [-0.05, 0) is 6.42 Å². The SMILES string of the molecule is CCC/C(=N/OC)C(C)=O. The first kappa shape index (κ1) is 9.14. The van der Waals surface area contributed by atoms with Gasteiger partial charge in [0, 0.05) is 6.92 Å². The van der Waals surface area contributed by atoms with Gasteiger partial charge < -0.3 is 4.84 Å². The van der Waals surface area contributed by atoms with Crippen molar-refractivity contribution in [2.75, 3.05) is 7.11 Å². The lowest BCUT2D eigenvalue weighted by Gasteiger charge is -1.96. The summed E-state index contributed by atoms with van der Waals surface area (Å²) >= 11 is 0. The van der Waals surface area contributed by atoms with E-state index in [1.54, 1.807) is 0 Å². The van der Waals surface area contributed by atoms with Gasteiger partial charge >= 0.3 is 0 Å². The highest BCUT2D eigenvalue weighted by Crippen LogP contribution is 1.93. The average molecular weight is 143 g/mol. The molecule has 0 N–H and O–H groups in total. The van der Waals surface area contributed by atoms with Crippen LogP contribution in [0.2, 0.25) is 0 Å². The van der Waals surface area contributed by atoms with Crippen molar-refractivity contribution in [3.63, 3.8) is 0 Å². The molecule has 0 aromatic heterocycles. The van der Waals surface area contributed by atoms with Gasteiger partial charge in [0.25, 0.3) is 0 Å². The Morgan fingerprint density at radius 2 is 2.20 bits per heavy atom. The summed E-state index contributed by atoms with van der Waals surface area (Å²) in [6.45, 7) is 3.49. The number of carbonyl (C=O) groups is 1. The minimum absolute atomic E-state index is 0.0105. The molecule has 0 saturated carbocycles. The first-order valence-electron chi connectivity index (χ1n) is 3.33. The molecule has 0 radical (unpaired) electrons. The Balaban J connectivity index is 3.98. The minimum atomic E-state index is -0.0105. The van der Waals surface area contributed by atoms with E-state index in [0.29, 0.717) is 12.1 Å². The van der Waals surface area contributed by atoms with Gasteiger partial charge in [-0.2, -0.15) is 0 Å². The third-order valence-electron chi connectivity index (χ3n) is 1.09. The maximum Gasteiger partial charge on any atom is 0.177 e. The number of oxime groups is 1. The normalized spacial score (nSPS) is 11.3. The predicted octanol–water partition coefficient (Wildman–Crippen LogP) is 1.38. The van der Waals surface area contributed by atoms with E-state index in [4.69, 9.17) is 0 Å². The maximum atomic E-state index is 10.7. The van der Waals surface area contributed by atoms with Crippen LogP contribution in [0.25, 0.3) is 0 Å². The number of nitrogens with zero attached hydrogens (tertiary/aromatic N) is 1. The summed E-state index contributed by atoms with van der Waals surface area (Å²) in [5.74, 6) is -0.0105. The predicted molar refractivity (Wildman–Crippen MR) is 40.0 cm³/mol. The standard InChI is InChI=1S/C7H13NO2/c1-4-5-7(6(2)9)8-10-3/h4-5H2,1-3H3/b8-7-. The van der Waals surface area contributed by atoms with Crippen LogP contribution in [-0.2, 0) is 9.63 Å². The Kier molecular flexibility index (Phi) is 4.54. The van der Waals surface area contributed by atoms with Crippen molar-refractivity contribution in [1.82, 2.24) is 0 Å². The van der Waals surface area contributed by atoms with Gasteiger partial charge in [-0.1, -0.05) is 18.5 Å². The topological polar surface area (TPSA) is 38.7 Å². The summed E-state index contributed by atoms with van der Waals surface area (Å²) in [4.78, 5) is 15.2. The number of carbonyl (C=O) groups excluding carboxylic acids is 1. The highest BCUT2D eigenvalue weighted by atomic mass is 16.6. The minimum Gasteiger partial charge on any atom is -0.399 e. The molecular formula is C7H13NO2. The Labute approximate surface area is 61.1 Å². The van der Waals surface area contributed by atoms with E-state index in [9.17, 15) is 4.79 Å². The summed E-state index contributed by atoms with van der Waals surface area (Å²) in [5, 5.41) is 3.58. The van der Waals surface area contributed by atoms with Gasteiger partial charge in [-0.15, -0.1) is 0 Å². The number of rotatable bonds is 4. The van der Waals surface area contributed by atoms with Gasteiger partial charge in [-0.25, -0.2) is 0 Å². The van der Waals surface area contributed by atoms with Crippen molar-refractivity contribution in [3.8, 4) is 0 Å². The second-order valence-electron chi connectivity index (χ2n) is 2.03. The molecule has 58 valence electrons. The van der Waals surface area contributed by atoms with Crippen LogP contribution in [0.5, 0.6) is 0 Å². The third kappa shape index (κ3) is 3.22. The van der Waals surface area contributed by atoms with E-state index in [0.717, 1.165) is 6.42 Å². The maximum absolute atomic E-state index is 10.7. The molecule has 0 aromatic carbocycles. The van der Waals surface area contributed by atoms with Gasteiger partial charge in [-0.3, -0.25) is 4.79 Å². The summed E-state index contributed by atoms with van der Waals surface area (Å²) in [6.07, 6.45) is 1.62. The number of Topliss-reactive ketones (excluding diaryl/α,β-unsaturated/α-hetero) is 1. The molecule has 0 aliphatic carbocycles. The van der Waals surface area contributed by atoms with Crippen molar-refractivity contribution in [1.29, 1.82) is 0 Å². The van der Waals surface area contributed by atoms with Crippen molar-refractivity contribution in [2.24, 2.45) is 5.16 Å². The quantitative estimate of drug-likeness (QED) is 0.440. The fourth-order valence-corrected chi connectivity index (χ4v) is 0.633. The van der Waals surface area contributed by atoms with E-state index < -0.39 is 0 Å². The fraction of sp³-hybridized carbons (Fsp3) is 0.714. The molecule has 0 bridgehead atoms. The molecule has 0 heterocycles. The third-order valence-corrected chi connectivity index (χ3v) is 1.09. The van der Waals surface area contributed by atoms with Crippen molar-refractivity contribution in [2.45, 2.75) is 26.7 Å². The van der Waals surface area contributed by atoms with E-state index in [1.807, 2.05) is 6.92 Å². The Hall–Kier alpha value is -0.860. The van der Waals surface area contributed by atoms with Crippen LogP contribution >= 0.6 is 0 Å². The molecule has 0 amide bonds. The smallest absolute Gasteiger partial charge is 0.177 e. The lowest BCUT2D eigenvalue weighted by molar-refractivity contribution is -0.111. The highest BCUT2D eigenvalue weighted by Gasteiger charge is 2.03. The molecule has 0 fully saturated rings. The Morgan fingerprint density at radius 1 is 1.60 bits per heavy atom. The molecule has 0 unspecified atom stereocenters. The lowest BCUT2D eigenvalue weighted by atomic mass is 10.2. The molecule has 0 aliphatic rings. The van der Waals surface area contributed by atoms with Crippen LogP contribution in [0.1, 0.15) is 26.7 Å². The first-order chi connectivity index (χ1) is 4.72. The number of ketones is 1. The van der Waals surface area contributed by atoms with Crippen LogP contribution < -0.4 is 0 Å². The van der Waals surface area contributed by atoms with Crippen LogP contribution in [0.15, 0.2) is 5.16 Å². The number of hydrogen-bond acceptors (Lipinski definition) is 3. The summed E-state index contributed by atoms with van der Waals surface area (Å²) < 4.78 is 0. The molecule has 0 saturated heterocycles. The van der Waals surface area contributed by atoms with Gasteiger partial charge in [0.2, 0.25) is 0 Å². The van der Waals surface area contributed by atoms with Crippen molar-refractivity contribution < 1.29 is 9.63 Å². The van der Waals surface area contributed by atoms with E-state index in [-0.39, 0.29) is 5.78 Å². The van der Waals surface area contributed by atoms with Crippen LogP contribution in [0.3, 0.4) is 0 Å². The summed E-state index contributed by atoms with van der Waals surface area (Å²) in [7, 11) is 1.44. The first-order valence-corrected chi connectivity index (χ1v) is 3.33. The molecule has 3 heteroatoms. The van der Waals surface area contributed by atoms with Crippen molar-refractivity contribution in [3.05, 3.63) is 0 Å². The summed E-state index contributed by atoms with van der Waals surface area (Å²) in [5.41, 5.74) is 0.519. The molecule has 10 heavy (non-hydrogen) atoms.